The van der Waals surface area contributed by atoms with Crippen molar-refractivity contribution in [3.63, 3.8) is 0 Å². The van der Waals surface area contributed by atoms with Gasteiger partial charge in [0.2, 0.25) is 0 Å². The number of amides is 1. The molecule has 1 amide bonds. The highest BCUT2D eigenvalue weighted by Gasteiger charge is 2.18. The van der Waals surface area contributed by atoms with Gasteiger partial charge in [0.05, 0.1) is 4.90 Å². The first-order chi connectivity index (χ1) is 10.4. The van der Waals surface area contributed by atoms with E-state index >= 15 is 0 Å². The molecule has 2 rings (SSSR count). The fraction of sp³-hybridized carbons (Fsp3) is 0.235. The van der Waals surface area contributed by atoms with E-state index in [-0.39, 0.29) is 4.90 Å². The van der Waals surface area contributed by atoms with Crippen LogP contribution >= 0.6 is 0 Å². The zero-order chi connectivity index (χ0) is 16.2. The Morgan fingerprint density at radius 2 is 1.59 bits per heavy atom. The molecule has 0 bridgehead atoms. The second kappa shape index (κ2) is 6.75. The molecule has 1 N–H and O–H groups in total. The molecule has 5 heteroatoms. The van der Waals surface area contributed by atoms with Gasteiger partial charge < -0.3 is 0 Å². The molecule has 4 nitrogen and oxygen atoms in total. The summed E-state index contributed by atoms with van der Waals surface area (Å²) in [4.78, 5) is 12.1. The summed E-state index contributed by atoms with van der Waals surface area (Å²) < 4.78 is 26.3. The van der Waals surface area contributed by atoms with Gasteiger partial charge in [0.25, 0.3) is 15.9 Å². The van der Waals surface area contributed by atoms with Crippen molar-refractivity contribution >= 4 is 15.9 Å². The maximum Gasteiger partial charge on any atom is 0.264 e. The second-order valence-corrected chi connectivity index (χ2v) is 7.22. The van der Waals surface area contributed by atoms with Crippen molar-refractivity contribution in [3.8, 4) is 0 Å². The Morgan fingerprint density at radius 3 is 2.14 bits per heavy atom. The molecule has 0 aliphatic carbocycles. The molecule has 0 aliphatic rings. The molecule has 0 saturated heterocycles. The molecule has 0 atom stereocenters. The third-order valence-corrected chi connectivity index (χ3v) is 4.49. The number of rotatable bonds is 5. The van der Waals surface area contributed by atoms with Gasteiger partial charge in [0, 0.05) is 5.56 Å². The predicted octanol–water partition coefficient (Wildman–Crippen LogP) is 3.00. The van der Waals surface area contributed by atoms with E-state index in [0.29, 0.717) is 11.5 Å². The van der Waals surface area contributed by atoms with Crippen LogP contribution in [0.1, 0.15) is 29.8 Å². The number of carbonyl (C=O) groups excluding carboxylic acids is 1. The first-order valence-corrected chi connectivity index (χ1v) is 8.58. The van der Waals surface area contributed by atoms with Gasteiger partial charge in [-0.2, -0.15) is 0 Å². The Hall–Kier alpha value is -2.14. The average Bonchev–Trinajstić information content (AvgIpc) is 2.48. The van der Waals surface area contributed by atoms with Gasteiger partial charge in [-0.1, -0.05) is 44.2 Å². The number of benzene rings is 2. The maximum absolute atomic E-state index is 12.1. The van der Waals surface area contributed by atoms with Gasteiger partial charge in [-0.25, -0.2) is 13.1 Å². The zero-order valence-electron chi connectivity index (χ0n) is 12.6. The second-order valence-electron chi connectivity index (χ2n) is 5.54. The fourth-order valence-corrected chi connectivity index (χ4v) is 3.10. The van der Waals surface area contributed by atoms with E-state index in [1.165, 1.54) is 12.1 Å². The molecule has 116 valence electrons. The van der Waals surface area contributed by atoms with Crippen molar-refractivity contribution in [2.24, 2.45) is 5.92 Å². The van der Waals surface area contributed by atoms with Crippen molar-refractivity contribution in [2.75, 3.05) is 0 Å². The van der Waals surface area contributed by atoms with Crippen LogP contribution in [0.3, 0.4) is 0 Å². The standard InChI is InChI=1S/C17H19NO3S/c1-13(2)12-14-8-10-15(11-9-14)17(19)18-22(20,21)16-6-4-3-5-7-16/h3-11,13H,12H2,1-2H3,(H,18,19). The minimum Gasteiger partial charge on any atom is -0.268 e. The first-order valence-electron chi connectivity index (χ1n) is 7.09. The first kappa shape index (κ1) is 16.2. The largest absolute Gasteiger partial charge is 0.268 e. The Labute approximate surface area is 131 Å². The van der Waals surface area contributed by atoms with Crippen LogP contribution in [0.2, 0.25) is 0 Å². The van der Waals surface area contributed by atoms with Gasteiger partial charge >= 0.3 is 0 Å². The van der Waals surface area contributed by atoms with E-state index < -0.39 is 15.9 Å². The van der Waals surface area contributed by atoms with Crippen LogP contribution in [-0.2, 0) is 16.4 Å². The zero-order valence-corrected chi connectivity index (χ0v) is 13.4. The van der Waals surface area contributed by atoms with Crippen molar-refractivity contribution in [1.29, 1.82) is 0 Å². The molecule has 22 heavy (non-hydrogen) atoms. The van der Waals surface area contributed by atoms with Gasteiger partial charge in [0.1, 0.15) is 0 Å². The summed E-state index contributed by atoms with van der Waals surface area (Å²) >= 11 is 0. The van der Waals surface area contributed by atoms with Crippen molar-refractivity contribution < 1.29 is 13.2 Å². The van der Waals surface area contributed by atoms with E-state index in [0.717, 1.165) is 12.0 Å². The fourth-order valence-electron chi connectivity index (χ4n) is 2.10. The lowest BCUT2D eigenvalue weighted by atomic mass is 10.0. The van der Waals surface area contributed by atoms with Gasteiger partial charge in [-0.05, 0) is 42.2 Å². The summed E-state index contributed by atoms with van der Waals surface area (Å²) in [5, 5.41) is 0. The normalized spacial score (nSPS) is 11.4. The molecule has 2 aromatic rings. The molecule has 0 unspecified atom stereocenters. The highest BCUT2D eigenvalue weighted by atomic mass is 32.2. The van der Waals surface area contributed by atoms with Crippen LogP contribution in [-0.4, -0.2) is 14.3 Å². The number of hydrogen-bond acceptors (Lipinski definition) is 3. The SMILES string of the molecule is CC(C)Cc1ccc(C(=O)NS(=O)(=O)c2ccccc2)cc1. The molecule has 0 aromatic heterocycles. The molecule has 0 saturated carbocycles. The quantitative estimate of drug-likeness (QED) is 0.922. The summed E-state index contributed by atoms with van der Waals surface area (Å²) in [6.07, 6.45) is 0.921. The van der Waals surface area contributed by atoms with Crippen LogP contribution in [0.5, 0.6) is 0 Å². The topological polar surface area (TPSA) is 63.2 Å². The molecular weight excluding hydrogens is 298 g/mol. The summed E-state index contributed by atoms with van der Waals surface area (Å²) in [6.45, 7) is 4.24. The lowest BCUT2D eigenvalue weighted by Gasteiger charge is -2.08. The third-order valence-electron chi connectivity index (χ3n) is 3.14. The Balaban J connectivity index is 2.12. The number of nitrogens with one attached hydrogen (secondary N) is 1. The Kier molecular flexibility index (Phi) is 4.98. The summed E-state index contributed by atoms with van der Waals surface area (Å²) in [5.41, 5.74) is 1.45. The minimum atomic E-state index is -3.84. The number of carbonyl (C=O) groups is 1. The summed E-state index contributed by atoms with van der Waals surface area (Å²) in [6, 6.07) is 14.8. The van der Waals surface area contributed by atoms with E-state index in [2.05, 4.69) is 18.6 Å². The third kappa shape index (κ3) is 4.18. The predicted molar refractivity (Wildman–Crippen MR) is 86.1 cm³/mol. The number of sulfonamides is 1. The van der Waals surface area contributed by atoms with E-state index in [1.807, 2.05) is 12.1 Å². The van der Waals surface area contributed by atoms with Gasteiger partial charge in [-0.15, -0.1) is 0 Å². The van der Waals surface area contributed by atoms with E-state index in [9.17, 15) is 13.2 Å². The monoisotopic (exact) mass is 317 g/mol. The molecule has 0 radical (unpaired) electrons. The molecular formula is C17H19NO3S. The molecule has 2 aromatic carbocycles. The Bertz CT molecular complexity index is 735. The van der Waals surface area contributed by atoms with Crippen molar-refractivity contribution in [1.82, 2.24) is 4.72 Å². The van der Waals surface area contributed by atoms with E-state index in [4.69, 9.17) is 0 Å². The van der Waals surface area contributed by atoms with Crippen molar-refractivity contribution in [2.45, 2.75) is 25.2 Å². The van der Waals surface area contributed by atoms with Gasteiger partial charge in [-0.3, -0.25) is 4.79 Å². The van der Waals surface area contributed by atoms with Crippen LogP contribution in [0, 0.1) is 5.92 Å². The highest BCUT2D eigenvalue weighted by Crippen LogP contribution is 2.12. The molecule has 0 aliphatic heterocycles. The van der Waals surface area contributed by atoms with Crippen LogP contribution < -0.4 is 4.72 Å². The van der Waals surface area contributed by atoms with Crippen molar-refractivity contribution in [3.05, 3.63) is 65.7 Å². The molecule has 0 heterocycles. The number of hydrogen-bond donors (Lipinski definition) is 1. The molecule has 0 fully saturated rings. The minimum absolute atomic E-state index is 0.0692. The maximum atomic E-state index is 12.1. The van der Waals surface area contributed by atoms with Crippen LogP contribution in [0.25, 0.3) is 0 Å². The van der Waals surface area contributed by atoms with Gasteiger partial charge in [0.15, 0.2) is 0 Å². The average molecular weight is 317 g/mol. The van der Waals surface area contributed by atoms with Crippen LogP contribution in [0.15, 0.2) is 59.5 Å². The molecule has 0 spiro atoms. The lowest BCUT2D eigenvalue weighted by molar-refractivity contribution is 0.0981. The van der Waals surface area contributed by atoms with Crippen LogP contribution in [0.4, 0.5) is 0 Å². The summed E-state index contributed by atoms with van der Waals surface area (Å²) in [5.74, 6) is -0.0990. The smallest absolute Gasteiger partial charge is 0.264 e. The van der Waals surface area contributed by atoms with E-state index in [1.54, 1.807) is 30.3 Å². The lowest BCUT2D eigenvalue weighted by Crippen LogP contribution is -2.30. The summed E-state index contributed by atoms with van der Waals surface area (Å²) in [7, 11) is -3.84. The Morgan fingerprint density at radius 1 is 1.00 bits per heavy atom. The highest BCUT2D eigenvalue weighted by molar-refractivity contribution is 7.90.